The van der Waals surface area contributed by atoms with Crippen molar-refractivity contribution < 1.29 is 0 Å². The number of aromatic nitrogens is 2. The quantitative estimate of drug-likeness (QED) is 0.820. The molecule has 0 spiro atoms. The minimum absolute atomic E-state index is 0.509. The number of nitrogens with zero attached hydrogens (tertiary/aromatic N) is 2. The third kappa shape index (κ3) is 1.69. The van der Waals surface area contributed by atoms with Crippen molar-refractivity contribution >= 4 is 16.5 Å². The number of fused-ring (bicyclic) bond motifs is 1. The molecule has 2 N–H and O–H groups in total. The van der Waals surface area contributed by atoms with Gasteiger partial charge in [-0.15, -0.1) is 11.3 Å². The maximum absolute atomic E-state index is 5.73. The van der Waals surface area contributed by atoms with Gasteiger partial charge < -0.3 is 5.73 Å². The fourth-order valence-corrected chi connectivity index (χ4v) is 3.14. The second kappa shape index (κ2) is 3.87. The Balaban J connectivity index is 1.88. The fraction of sp³-hybridized carbons (Fsp3) is 0.333. The molecule has 0 saturated carbocycles. The summed E-state index contributed by atoms with van der Waals surface area (Å²) in [5.74, 6) is 0.509. The van der Waals surface area contributed by atoms with E-state index in [-0.39, 0.29) is 0 Å². The standard InChI is InChI=1S/C12H13N3S/c13-12-15-10-7-8(4-5-11(10)16-12)9-3-1-2-6-14-9/h1-3,6,8H,4-5,7H2,(H2,13,15). The largest absolute Gasteiger partial charge is 0.375 e. The van der Waals surface area contributed by atoms with Crippen LogP contribution in [-0.4, -0.2) is 9.97 Å². The van der Waals surface area contributed by atoms with Crippen molar-refractivity contribution in [1.29, 1.82) is 0 Å². The van der Waals surface area contributed by atoms with Gasteiger partial charge in [0.15, 0.2) is 5.13 Å². The maximum atomic E-state index is 5.73. The molecule has 1 aliphatic rings. The minimum Gasteiger partial charge on any atom is -0.375 e. The molecule has 3 nitrogen and oxygen atoms in total. The van der Waals surface area contributed by atoms with Gasteiger partial charge in [-0.3, -0.25) is 4.98 Å². The summed E-state index contributed by atoms with van der Waals surface area (Å²) in [6, 6.07) is 6.11. The lowest BCUT2D eigenvalue weighted by atomic mass is 9.88. The average Bonchev–Trinajstić information content (AvgIpc) is 2.69. The van der Waals surface area contributed by atoms with Crippen LogP contribution in [-0.2, 0) is 12.8 Å². The summed E-state index contributed by atoms with van der Waals surface area (Å²) in [5.41, 5.74) is 8.10. The minimum atomic E-state index is 0.509. The molecular formula is C12H13N3S. The molecule has 0 amide bonds. The number of rotatable bonds is 1. The number of nitrogen functional groups attached to an aromatic ring is 1. The highest BCUT2D eigenvalue weighted by Gasteiger charge is 2.23. The molecule has 0 bridgehead atoms. The number of hydrogen-bond acceptors (Lipinski definition) is 4. The summed E-state index contributed by atoms with van der Waals surface area (Å²) in [4.78, 5) is 10.2. The van der Waals surface area contributed by atoms with Crippen LogP contribution in [0.2, 0.25) is 0 Å². The van der Waals surface area contributed by atoms with Gasteiger partial charge in [-0.25, -0.2) is 4.98 Å². The Bertz CT molecular complexity index is 492. The van der Waals surface area contributed by atoms with Gasteiger partial charge in [0.25, 0.3) is 0 Å². The van der Waals surface area contributed by atoms with Crippen LogP contribution < -0.4 is 5.73 Å². The topological polar surface area (TPSA) is 51.8 Å². The summed E-state index contributed by atoms with van der Waals surface area (Å²) in [6.07, 6.45) is 5.09. The van der Waals surface area contributed by atoms with Gasteiger partial charge in [-0.05, 0) is 31.4 Å². The highest BCUT2D eigenvalue weighted by Crippen LogP contribution is 2.34. The van der Waals surface area contributed by atoms with Crippen LogP contribution in [0.25, 0.3) is 0 Å². The van der Waals surface area contributed by atoms with E-state index in [1.165, 1.54) is 16.3 Å². The first-order valence-electron chi connectivity index (χ1n) is 5.48. The van der Waals surface area contributed by atoms with E-state index in [4.69, 9.17) is 5.73 Å². The average molecular weight is 231 g/mol. The zero-order chi connectivity index (χ0) is 11.0. The Morgan fingerprint density at radius 2 is 2.31 bits per heavy atom. The second-order valence-electron chi connectivity index (χ2n) is 4.12. The maximum Gasteiger partial charge on any atom is 0.180 e. The van der Waals surface area contributed by atoms with Crippen LogP contribution in [0, 0.1) is 0 Å². The molecule has 1 atom stereocenters. The van der Waals surface area contributed by atoms with Crippen LogP contribution in [0.5, 0.6) is 0 Å². The van der Waals surface area contributed by atoms with Crippen LogP contribution >= 0.6 is 11.3 Å². The zero-order valence-corrected chi connectivity index (χ0v) is 9.70. The van der Waals surface area contributed by atoms with E-state index in [2.05, 4.69) is 16.0 Å². The van der Waals surface area contributed by atoms with E-state index in [0.29, 0.717) is 11.0 Å². The molecule has 1 aliphatic carbocycles. The molecule has 2 heterocycles. The number of hydrogen-bond donors (Lipinski definition) is 1. The SMILES string of the molecule is Nc1nc2c(s1)CCC(c1ccccn1)C2. The van der Waals surface area contributed by atoms with Crippen molar-refractivity contribution in [2.24, 2.45) is 0 Å². The number of anilines is 1. The number of aryl methyl sites for hydroxylation is 1. The highest BCUT2D eigenvalue weighted by molar-refractivity contribution is 7.15. The molecule has 0 aromatic carbocycles. The third-order valence-electron chi connectivity index (χ3n) is 3.06. The van der Waals surface area contributed by atoms with Gasteiger partial charge in [-0.1, -0.05) is 6.07 Å². The Morgan fingerprint density at radius 1 is 1.38 bits per heavy atom. The predicted molar refractivity (Wildman–Crippen MR) is 65.5 cm³/mol. The number of thiazole rings is 1. The van der Waals surface area contributed by atoms with Gasteiger partial charge in [0.2, 0.25) is 0 Å². The molecule has 4 heteroatoms. The summed E-state index contributed by atoms with van der Waals surface area (Å²) in [6.45, 7) is 0. The Hall–Kier alpha value is -1.42. The molecule has 1 unspecified atom stereocenters. The van der Waals surface area contributed by atoms with E-state index in [1.54, 1.807) is 11.3 Å². The Kier molecular flexibility index (Phi) is 2.36. The van der Waals surface area contributed by atoms with Gasteiger partial charge in [0.05, 0.1) is 5.69 Å². The first-order valence-corrected chi connectivity index (χ1v) is 6.29. The smallest absolute Gasteiger partial charge is 0.180 e. The highest BCUT2D eigenvalue weighted by atomic mass is 32.1. The third-order valence-corrected chi connectivity index (χ3v) is 4.05. The fourth-order valence-electron chi connectivity index (χ4n) is 2.27. The van der Waals surface area contributed by atoms with Gasteiger partial charge in [-0.2, -0.15) is 0 Å². The first-order chi connectivity index (χ1) is 7.83. The zero-order valence-electron chi connectivity index (χ0n) is 8.89. The van der Waals surface area contributed by atoms with Crippen LogP contribution in [0.1, 0.15) is 28.6 Å². The van der Waals surface area contributed by atoms with Crippen molar-refractivity contribution in [3.63, 3.8) is 0 Å². The number of pyridine rings is 1. The molecule has 0 fully saturated rings. The normalized spacial score (nSPS) is 19.4. The first kappa shape index (κ1) is 9.78. The second-order valence-corrected chi connectivity index (χ2v) is 5.23. The van der Waals surface area contributed by atoms with E-state index >= 15 is 0 Å². The molecule has 2 aromatic rings. The summed E-state index contributed by atoms with van der Waals surface area (Å²) < 4.78 is 0. The van der Waals surface area contributed by atoms with Crippen LogP contribution in [0.4, 0.5) is 5.13 Å². The summed E-state index contributed by atoms with van der Waals surface area (Å²) in [5, 5.41) is 0.701. The van der Waals surface area contributed by atoms with Gasteiger partial charge >= 0.3 is 0 Å². The predicted octanol–water partition coefficient (Wildman–Crippen LogP) is 2.39. The Morgan fingerprint density at radius 3 is 3.12 bits per heavy atom. The van der Waals surface area contributed by atoms with Gasteiger partial charge in [0, 0.05) is 22.7 Å². The molecule has 16 heavy (non-hydrogen) atoms. The van der Waals surface area contributed by atoms with Crippen molar-refractivity contribution in [2.45, 2.75) is 25.2 Å². The molecule has 3 rings (SSSR count). The van der Waals surface area contributed by atoms with Crippen molar-refractivity contribution in [3.8, 4) is 0 Å². The summed E-state index contributed by atoms with van der Waals surface area (Å²) >= 11 is 1.63. The van der Waals surface area contributed by atoms with Crippen molar-refractivity contribution in [1.82, 2.24) is 9.97 Å². The van der Waals surface area contributed by atoms with Crippen molar-refractivity contribution in [2.75, 3.05) is 5.73 Å². The monoisotopic (exact) mass is 231 g/mol. The Labute approximate surface area is 98.4 Å². The van der Waals surface area contributed by atoms with Crippen LogP contribution in [0.3, 0.4) is 0 Å². The van der Waals surface area contributed by atoms with E-state index in [9.17, 15) is 0 Å². The van der Waals surface area contributed by atoms with E-state index in [0.717, 1.165) is 19.3 Å². The lowest BCUT2D eigenvalue weighted by molar-refractivity contribution is 0.569. The number of nitrogens with two attached hydrogens (primary N) is 1. The van der Waals surface area contributed by atoms with E-state index < -0.39 is 0 Å². The molecule has 0 saturated heterocycles. The van der Waals surface area contributed by atoms with E-state index in [1.807, 2.05) is 18.3 Å². The molecule has 0 radical (unpaired) electrons. The lowest BCUT2D eigenvalue weighted by Crippen LogP contribution is -2.12. The molecule has 2 aromatic heterocycles. The summed E-state index contributed by atoms with van der Waals surface area (Å²) in [7, 11) is 0. The molecular weight excluding hydrogens is 218 g/mol. The lowest BCUT2D eigenvalue weighted by Gasteiger charge is -2.20. The van der Waals surface area contributed by atoms with Gasteiger partial charge in [0.1, 0.15) is 0 Å². The van der Waals surface area contributed by atoms with Crippen LogP contribution in [0.15, 0.2) is 24.4 Å². The molecule has 82 valence electrons. The van der Waals surface area contributed by atoms with Crippen molar-refractivity contribution in [3.05, 3.63) is 40.7 Å². The molecule has 0 aliphatic heterocycles.